The first-order valence-electron chi connectivity index (χ1n) is 0.676. The van der Waals surface area contributed by atoms with Crippen LogP contribution in [0, 0.1) is 10.2 Å². The van der Waals surface area contributed by atoms with Gasteiger partial charge in [-0.05, 0) is 0 Å². The zero-order chi connectivity index (χ0) is 4.50. The molecule has 0 rings (SSSR count). The number of halogens is 1. The first-order valence-corrected chi connectivity index (χ1v) is 2.03. The number of hydrogen-bond donors (Lipinski definition) is 4. The predicted octanol–water partition coefficient (Wildman–Crippen LogP) is -2.23. The van der Waals surface area contributed by atoms with Gasteiger partial charge in [-0.25, -0.2) is 0 Å². The fourth-order valence-corrected chi connectivity index (χ4v) is 0. The minimum atomic E-state index is -3.94. The van der Waals surface area contributed by atoms with E-state index in [1.807, 2.05) is 0 Å². The number of rotatable bonds is 0. The van der Waals surface area contributed by atoms with E-state index in [9.17, 15) is 0 Å². The van der Waals surface area contributed by atoms with Gasteiger partial charge in [0.1, 0.15) is 0 Å². The Hall–Kier alpha value is 0.130. The second-order valence-corrected chi connectivity index (χ2v) is 1.36. The summed E-state index contributed by atoms with van der Waals surface area (Å²) in [6, 6.07) is 0. The van der Waals surface area contributed by atoms with Gasteiger partial charge in [-0.3, -0.25) is 0 Å². The molecule has 0 aromatic rings. The molecule has 32 valence electrons. The Kier molecular flexibility index (Phi) is 1.10. The lowest BCUT2D eigenvalue weighted by atomic mass is 15.8. The first kappa shape index (κ1) is 5.13. The molecule has 5 heavy (non-hydrogen) atoms. The van der Waals surface area contributed by atoms with Gasteiger partial charge in [0.15, 0.2) is 18.6 Å². The number of hydrogen-bond acceptors (Lipinski definition) is 4. The fourth-order valence-electron chi connectivity index (χ4n) is 0. The Morgan fingerprint density at radius 1 is 0.800 bits per heavy atom. The second-order valence-electron chi connectivity index (χ2n) is 0.454. The van der Waals surface area contributed by atoms with Gasteiger partial charge in [0.25, 0.3) is 0 Å². The second kappa shape index (κ2) is 1.08. The van der Waals surface area contributed by atoms with Crippen molar-refractivity contribution in [2.45, 2.75) is 0 Å². The quantitative estimate of drug-likeness (QED) is 0.280. The van der Waals surface area contributed by atoms with Gasteiger partial charge < -0.3 is 0 Å². The summed E-state index contributed by atoms with van der Waals surface area (Å²) in [4.78, 5) is 0. The first-order chi connectivity index (χ1) is 2.00. The summed E-state index contributed by atoms with van der Waals surface area (Å²) in [5, 5.41) is 0. The van der Waals surface area contributed by atoms with Crippen molar-refractivity contribution in [3.63, 3.8) is 0 Å². The van der Waals surface area contributed by atoms with Gasteiger partial charge >= 0.3 is 10.2 Å². The van der Waals surface area contributed by atoms with E-state index < -0.39 is 10.2 Å². The van der Waals surface area contributed by atoms with Crippen molar-refractivity contribution in [3.05, 3.63) is 0 Å². The zero-order valence-corrected chi connectivity index (χ0v) is 2.92. The fraction of sp³-hybridized carbons (Fsp3) is 0. The highest BCUT2D eigenvalue weighted by Crippen LogP contribution is 1.86. The summed E-state index contributed by atoms with van der Waals surface area (Å²) in [6.07, 6.45) is 0. The average molecular weight is 103 g/mol. The Bertz CT molecular complexity index is 19.1. The summed E-state index contributed by atoms with van der Waals surface area (Å²) < 4.78 is 29.0. The molecule has 0 heterocycles. The normalized spacial score (nSPS) is 12.0. The topological polar surface area (TPSA) is 80.9 Å². The molecule has 0 unspecified atom stereocenters. The van der Waals surface area contributed by atoms with Crippen molar-refractivity contribution >= 4 is 0 Å². The van der Waals surface area contributed by atoms with Crippen LogP contribution in [0.15, 0.2) is 0 Å². The third-order valence-corrected chi connectivity index (χ3v) is 0. The standard InChI is InChI=1S/ClH4O4/c2-1(3,4)5/h2-5H/q+3. The van der Waals surface area contributed by atoms with Crippen LogP contribution >= 0.6 is 0 Å². The van der Waals surface area contributed by atoms with Crippen LogP contribution in [0.2, 0.25) is 0 Å². The van der Waals surface area contributed by atoms with Gasteiger partial charge in [0, 0.05) is 0 Å². The van der Waals surface area contributed by atoms with Crippen LogP contribution in [0.3, 0.4) is 0 Å². The van der Waals surface area contributed by atoms with Gasteiger partial charge in [-0.15, -0.1) is 0 Å². The van der Waals surface area contributed by atoms with Crippen LogP contribution in [0.4, 0.5) is 0 Å². The SMILES string of the molecule is O[Cl+3](O)(O)O. The molecule has 0 radical (unpaired) electrons. The van der Waals surface area contributed by atoms with Crippen LogP contribution in [-0.4, -0.2) is 18.6 Å². The largest absolute Gasteiger partial charge is 0.613 e. The summed E-state index contributed by atoms with van der Waals surface area (Å²) in [7, 11) is -3.94. The lowest BCUT2D eigenvalue weighted by molar-refractivity contribution is -1.63. The van der Waals surface area contributed by atoms with Crippen LogP contribution < -0.4 is 0 Å². The molecule has 0 bridgehead atoms. The van der Waals surface area contributed by atoms with E-state index in [2.05, 4.69) is 0 Å². The zero-order valence-electron chi connectivity index (χ0n) is 2.17. The van der Waals surface area contributed by atoms with E-state index in [0.29, 0.717) is 0 Å². The average Bonchev–Trinajstić information content (AvgIpc) is 0.722. The van der Waals surface area contributed by atoms with Gasteiger partial charge in [0.05, 0.1) is 0 Å². The van der Waals surface area contributed by atoms with Crippen LogP contribution in [0.25, 0.3) is 0 Å². The summed E-state index contributed by atoms with van der Waals surface area (Å²) >= 11 is 0. The molecule has 0 aliphatic carbocycles. The van der Waals surface area contributed by atoms with Crippen LogP contribution in [-0.2, 0) is 0 Å². The monoisotopic (exact) mass is 103 g/mol. The van der Waals surface area contributed by atoms with Crippen LogP contribution in [0.5, 0.6) is 0 Å². The summed E-state index contributed by atoms with van der Waals surface area (Å²) in [5.74, 6) is 0. The summed E-state index contributed by atoms with van der Waals surface area (Å²) in [5.41, 5.74) is 0. The molecule has 0 saturated carbocycles. The van der Waals surface area contributed by atoms with E-state index in [1.165, 1.54) is 0 Å². The maximum absolute atomic E-state index is 7.24. The molecule has 0 aliphatic heterocycles. The van der Waals surface area contributed by atoms with Crippen LogP contribution in [0.1, 0.15) is 0 Å². The Balaban J connectivity index is 3.02. The highest BCUT2D eigenvalue weighted by molar-refractivity contribution is 2.46. The Labute approximate surface area is 30.0 Å². The predicted molar refractivity (Wildman–Crippen MR) is 8.88 cm³/mol. The van der Waals surface area contributed by atoms with E-state index in [1.54, 1.807) is 0 Å². The molecule has 0 aromatic heterocycles. The minimum absolute atomic E-state index is 3.94. The van der Waals surface area contributed by atoms with Crippen molar-refractivity contribution < 1.29 is 28.9 Å². The van der Waals surface area contributed by atoms with Crippen molar-refractivity contribution in [1.82, 2.24) is 0 Å². The molecule has 0 saturated heterocycles. The highest BCUT2D eigenvalue weighted by Gasteiger charge is 2.40. The van der Waals surface area contributed by atoms with E-state index in [0.717, 1.165) is 0 Å². The third kappa shape index (κ3) is 1110. The molecule has 0 atom stereocenters. The third-order valence-electron chi connectivity index (χ3n) is 0. The molecule has 0 amide bonds. The molecule has 4 N–H and O–H groups in total. The molecule has 0 aromatic carbocycles. The van der Waals surface area contributed by atoms with Gasteiger partial charge in [-0.2, -0.15) is 0 Å². The maximum atomic E-state index is 7.24. The van der Waals surface area contributed by atoms with E-state index >= 15 is 0 Å². The van der Waals surface area contributed by atoms with Crippen molar-refractivity contribution in [1.29, 1.82) is 0 Å². The molecule has 5 heteroatoms. The molecule has 0 spiro atoms. The molecule has 0 fully saturated rings. The van der Waals surface area contributed by atoms with E-state index in [-0.39, 0.29) is 0 Å². The summed E-state index contributed by atoms with van der Waals surface area (Å²) in [6.45, 7) is 0. The minimum Gasteiger partial charge on any atom is 0.167 e. The molecular weight excluding hydrogens is 99.4 g/mol. The van der Waals surface area contributed by atoms with Crippen molar-refractivity contribution in [2.75, 3.05) is 0 Å². The molecular formula is H4ClO4+3. The Morgan fingerprint density at radius 3 is 0.800 bits per heavy atom. The highest BCUT2D eigenvalue weighted by atomic mass is 35.7. The lowest BCUT2D eigenvalue weighted by Crippen LogP contribution is -2.15. The van der Waals surface area contributed by atoms with Gasteiger partial charge in [-0.1, -0.05) is 0 Å². The molecule has 4 nitrogen and oxygen atoms in total. The van der Waals surface area contributed by atoms with Crippen molar-refractivity contribution in [3.8, 4) is 0 Å². The lowest BCUT2D eigenvalue weighted by Gasteiger charge is -1.62. The maximum Gasteiger partial charge on any atom is 0.613 e. The van der Waals surface area contributed by atoms with Gasteiger partial charge in [0.2, 0.25) is 0 Å². The Morgan fingerprint density at radius 2 is 0.800 bits per heavy atom. The molecule has 0 aliphatic rings. The van der Waals surface area contributed by atoms with Crippen molar-refractivity contribution in [2.24, 2.45) is 0 Å². The van der Waals surface area contributed by atoms with E-state index in [4.69, 9.17) is 18.6 Å². The smallest absolute Gasteiger partial charge is 0.167 e.